The summed E-state index contributed by atoms with van der Waals surface area (Å²) in [5, 5.41) is 22.5. The van der Waals surface area contributed by atoms with Gasteiger partial charge in [0.25, 0.3) is 0 Å². The number of ketones is 4. The minimum atomic E-state index is -3.02. The highest BCUT2D eigenvalue weighted by Gasteiger charge is 2.74. The molecule has 39 heavy (non-hydrogen) atoms. The van der Waals surface area contributed by atoms with E-state index in [1.165, 1.54) is 25.1 Å². The number of primary amides is 1. The molecule has 0 aliphatic heterocycles. The van der Waals surface area contributed by atoms with Crippen molar-refractivity contribution in [1.82, 2.24) is 4.90 Å². The van der Waals surface area contributed by atoms with Crippen molar-refractivity contribution in [2.24, 2.45) is 29.4 Å². The number of rotatable bonds is 7. The molecule has 3 aliphatic rings. The zero-order valence-electron chi connectivity index (χ0n) is 22.4. The SMILES string of the molecule is CCCCCC(=O)O[C@H]1[C@H]2C(C(=O)c3c(O)cccc3[C@@H]2C)C(=O)[C@]2(O)C(=O)C(C(N)=O)C(=O)[C@@H](N(C)C)[C@H]12. The van der Waals surface area contributed by atoms with E-state index in [1.807, 2.05) is 6.92 Å². The van der Waals surface area contributed by atoms with Gasteiger partial charge in [0.1, 0.15) is 11.9 Å². The number of carbonyl (C=O) groups excluding carboxylic acids is 6. The van der Waals surface area contributed by atoms with E-state index >= 15 is 0 Å². The molecule has 0 heterocycles. The van der Waals surface area contributed by atoms with Gasteiger partial charge in [0.05, 0.1) is 23.4 Å². The Morgan fingerprint density at radius 3 is 2.36 bits per heavy atom. The highest BCUT2D eigenvalue weighted by atomic mass is 16.5. The number of Topliss-reactive ketones (excluding diaryl/α,β-unsaturated/α-hetero) is 4. The quantitative estimate of drug-likeness (QED) is 0.250. The second-order valence-electron chi connectivity index (χ2n) is 11.0. The topological polar surface area (TPSA) is 181 Å². The van der Waals surface area contributed by atoms with Crippen LogP contribution in [0.4, 0.5) is 0 Å². The molecular formula is C28H34N2O9. The van der Waals surface area contributed by atoms with Gasteiger partial charge in [-0.1, -0.05) is 38.8 Å². The first-order valence-corrected chi connectivity index (χ1v) is 13.2. The predicted molar refractivity (Wildman–Crippen MR) is 135 cm³/mol. The third-order valence-electron chi connectivity index (χ3n) is 8.58. The van der Waals surface area contributed by atoms with Gasteiger partial charge in [-0.05, 0) is 38.1 Å². The Bertz CT molecular complexity index is 1260. The molecule has 2 unspecified atom stereocenters. The van der Waals surface area contributed by atoms with Crippen LogP contribution in [-0.4, -0.2) is 82.0 Å². The van der Waals surface area contributed by atoms with Crippen LogP contribution in [0.25, 0.3) is 0 Å². The van der Waals surface area contributed by atoms with Crippen LogP contribution in [-0.2, 0) is 28.7 Å². The van der Waals surface area contributed by atoms with Gasteiger partial charge in [-0.3, -0.25) is 33.7 Å². The number of aliphatic hydroxyl groups is 1. The number of benzene rings is 1. The minimum Gasteiger partial charge on any atom is -0.507 e. The highest BCUT2D eigenvalue weighted by Crippen LogP contribution is 2.55. The summed E-state index contributed by atoms with van der Waals surface area (Å²) in [5.41, 5.74) is 2.65. The standard InChI is InChI=1S/C28H34N2O9/c1-5-6-7-11-15(32)39-24-16-12(2)13-9-8-10-14(31)17(13)22(33)18(16)25(35)28(38)20(24)21(30(3)4)23(34)19(26(28)36)27(29)37/h8-10,12,16,18-21,24,31,38H,5-7,11H2,1-4H3,(H2,29,37)/t12-,16+,18?,19?,20+,21-,24-,28-/m0/s1. The van der Waals surface area contributed by atoms with Crippen LogP contribution in [0.15, 0.2) is 18.2 Å². The molecule has 11 heteroatoms. The van der Waals surface area contributed by atoms with E-state index in [1.54, 1.807) is 19.1 Å². The number of amides is 1. The number of phenolic OH excluding ortho intramolecular Hbond substituents is 1. The van der Waals surface area contributed by atoms with Crippen LogP contribution in [0, 0.1) is 23.7 Å². The molecule has 4 N–H and O–H groups in total. The highest BCUT2D eigenvalue weighted by molar-refractivity contribution is 6.32. The first kappa shape index (κ1) is 28.6. The van der Waals surface area contributed by atoms with Crippen molar-refractivity contribution in [2.45, 2.75) is 63.2 Å². The maximum atomic E-state index is 14.1. The Morgan fingerprint density at radius 1 is 1.10 bits per heavy atom. The van der Waals surface area contributed by atoms with E-state index in [9.17, 15) is 39.0 Å². The van der Waals surface area contributed by atoms with Gasteiger partial charge in [0.15, 0.2) is 34.7 Å². The molecule has 1 aromatic carbocycles. The van der Waals surface area contributed by atoms with Gasteiger partial charge in [-0.25, -0.2) is 0 Å². The summed E-state index contributed by atoms with van der Waals surface area (Å²) in [6.07, 6.45) is 0.684. The van der Waals surface area contributed by atoms with E-state index in [4.69, 9.17) is 10.5 Å². The van der Waals surface area contributed by atoms with Crippen molar-refractivity contribution < 1.29 is 43.7 Å². The number of nitrogens with zero attached hydrogens (tertiary/aromatic N) is 1. The number of phenols is 1. The average molecular weight is 543 g/mol. The smallest absolute Gasteiger partial charge is 0.306 e. The Hall–Kier alpha value is -3.44. The molecule has 1 amide bonds. The molecule has 11 nitrogen and oxygen atoms in total. The third-order valence-corrected chi connectivity index (χ3v) is 8.58. The summed E-state index contributed by atoms with van der Waals surface area (Å²) in [6.45, 7) is 3.66. The van der Waals surface area contributed by atoms with Crippen LogP contribution in [0.3, 0.4) is 0 Å². The van der Waals surface area contributed by atoms with Crippen molar-refractivity contribution in [3.05, 3.63) is 29.3 Å². The fraction of sp³-hybridized carbons (Fsp3) is 0.571. The number of aromatic hydroxyl groups is 1. The molecule has 2 saturated carbocycles. The van der Waals surface area contributed by atoms with Crippen molar-refractivity contribution in [3.8, 4) is 5.75 Å². The maximum Gasteiger partial charge on any atom is 0.306 e. The zero-order chi connectivity index (χ0) is 29.0. The lowest BCUT2D eigenvalue weighted by Gasteiger charge is -2.56. The van der Waals surface area contributed by atoms with Crippen LogP contribution in [0.2, 0.25) is 0 Å². The zero-order valence-corrected chi connectivity index (χ0v) is 22.4. The van der Waals surface area contributed by atoms with Crippen molar-refractivity contribution in [2.75, 3.05) is 14.1 Å². The molecule has 3 aliphatic carbocycles. The van der Waals surface area contributed by atoms with Gasteiger partial charge < -0.3 is 20.7 Å². The molecule has 1 aromatic rings. The second kappa shape index (κ2) is 10.3. The summed E-state index contributed by atoms with van der Waals surface area (Å²) in [4.78, 5) is 81.6. The number of unbranched alkanes of at least 4 members (excludes halogenated alkanes) is 2. The number of ether oxygens (including phenoxy) is 1. The third kappa shape index (κ3) is 4.19. The average Bonchev–Trinajstić information content (AvgIpc) is 2.85. The summed E-state index contributed by atoms with van der Waals surface area (Å²) >= 11 is 0. The van der Waals surface area contributed by atoms with Crippen molar-refractivity contribution in [3.63, 3.8) is 0 Å². The van der Waals surface area contributed by atoms with E-state index < -0.39 is 82.3 Å². The number of fused-ring (bicyclic) bond motifs is 3. The van der Waals surface area contributed by atoms with E-state index in [2.05, 4.69) is 0 Å². The lowest BCUT2D eigenvalue weighted by molar-refractivity contribution is -0.205. The van der Waals surface area contributed by atoms with Gasteiger partial charge in [0.2, 0.25) is 5.91 Å². The lowest BCUT2D eigenvalue weighted by Crippen LogP contribution is -2.78. The summed E-state index contributed by atoms with van der Waals surface area (Å²) in [7, 11) is 2.94. The summed E-state index contributed by atoms with van der Waals surface area (Å²) < 4.78 is 5.91. The van der Waals surface area contributed by atoms with Crippen LogP contribution < -0.4 is 5.73 Å². The van der Waals surface area contributed by atoms with Crippen molar-refractivity contribution >= 4 is 35.0 Å². The minimum absolute atomic E-state index is 0.0129. The molecule has 210 valence electrons. The molecule has 0 bridgehead atoms. The van der Waals surface area contributed by atoms with Gasteiger partial charge >= 0.3 is 5.97 Å². The van der Waals surface area contributed by atoms with Crippen molar-refractivity contribution in [1.29, 1.82) is 0 Å². The number of likely N-dealkylation sites (N-methyl/N-ethyl adjacent to an activating group) is 1. The van der Waals surface area contributed by atoms with Gasteiger partial charge in [-0.15, -0.1) is 0 Å². The summed E-state index contributed by atoms with van der Waals surface area (Å²) in [5.74, 6) is -13.9. The fourth-order valence-corrected chi connectivity index (χ4v) is 6.80. The molecule has 4 rings (SSSR count). The lowest BCUT2D eigenvalue weighted by atomic mass is 9.49. The monoisotopic (exact) mass is 542 g/mol. The number of esters is 1. The Kier molecular flexibility index (Phi) is 7.52. The maximum absolute atomic E-state index is 14.1. The molecule has 0 spiro atoms. The molecule has 0 saturated heterocycles. The first-order valence-electron chi connectivity index (χ1n) is 13.2. The van der Waals surface area contributed by atoms with E-state index in [0.29, 0.717) is 12.0 Å². The summed E-state index contributed by atoms with van der Waals surface area (Å²) in [6, 6.07) is 3.04. The molecule has 0 aromatic heterocycles. The number of hydrogen-bond donors (Lipinski definition) is 3. The molecule has 2 fully saturated rings. The largest absolute Gasteiger partial charge is 0.507 e. The van der Waals surface area contributed by atoms with E-state index in [0.717, 1.165) is 12.8 Å². The Labute approximate surface area is 225 Å². The van der Waals surface area contributed by atoms with Gasteiger partial charge in [-0.2, -0.15) is 0 Å². The van der Waals surface area contributed by atoms with Crippen LogP contribution in [0.5, 0.6) is 5.75 Å². The van der Waals surface area contributed by atoms with Crippen LogP contribution in [0.1, 0.15) is 61.4 Å². The molecule has 0 radical (unpaired) electrons. The molecule has 8 atom stereocenters. The number of nitrogens with two attached hydrogens (primary N) is 1. The second-order valence-corrected chi connectivity index (χ2v) is 11.0. The normalized spacial score (nSPS) is 33.8. The van der Waals surface area contributed by atoms with E-state index in [-0.39, 0.29) is 17.7 Å². The Balaban J connectivity index is 1.95. The number of hydrogen-bond acceptors (Lipinski definition) is 10. The first-order chi connectivity index (χ1) is 18.3. The number of carbonyl (C=O) groups is 6. The Morgan fingerprint density at radius 2 is 1.77 bits per heavy atom. The molecular weight excluding hydrogens is 508 g/mol. The predicted octanol–water partition coefficient (Wildman–Crippen LogP) is 0.530. The van der Waals surface area contributed by atoms with Crippen LogP contribution >= 0.6 is 0 Å². The van der Waals surface area contributed by atoms with Gasteiger partial charge in [0, 0.05) is 12.3 Å². The fourth-order valence-electron chi connectivity index (χ4n) is 6.80.